The van der Waals surface area contributed by atoms with E-state index in [-0.39, 0.29) is 17.5 Å². The van der Waals surface area contributed by atoms with Crippen LogP contribution in [0.4, 0.5) is 0 Å². The summed E-state index contributed by atoms with van der Waals surface area (Å²) in [5, 5.41) is -0.229. The number of rotatable bonds is 8. The van der Waals surface area contributed by atoms with Gasteiger partial charge in [-0.25, -0.2) is 13.2 Å². The molecular weight excluding hydrogens is 396 g/mol. The number of carbonyl (C=O) groups is 1. The molecule has 0 aliphatic carbocycles. The van der Waals surface area contributed by atoms with E-state index in [1.54, 1.807) is 14.0 Å². The monoisotopic (exact) mass is 422 g/mol. The molecule has 1 saturated heterocycles. The molecule has 158 valence electrons. The first-order chi connectivity index (χ1) is 13.9. The van der Waals surface area contributed by atoms with Crippen LogP contribution in [0.5, 0.6) is 5.75 Å². The Labute approximate surface area is 171 Å². The average molecular weight is 423 g/mol. The molecule has 1 aromatic carbocycles. The van der Waals surface area contributed by atoms with E-state index >= 15 is 0 Å². The van der Waals surface area contributed by atoms with E-state index in [9.17, 15) is 13.2 Å². The van der Waals surface area contributed by atoms with Gasteiger partial charge in [-0.15, -0.1) is 0 Å². The number of hydrogen-bond donors (Lipinski definition) is 0. The number of benzene rings is 1. The van der Waals surface area contributed by atoms with Gasteiger partial charge in [0.25, 0.3) is 10.0 Å². The maximum absolute atomic E-state index is 12.8. The summed E-state index contributed by atoms with van der Waals surface area (Å²) in [6.07, 6.45) is 0.887. The Hall–Kier alpha value is -2.36. The van der Waals surface area contributed by atoms with Crippen molar-refractivity contribution in [2.45, 2.75) is 18.4 Å². The Kier molecular flexibility index (Phi) is 6.94. The first kappa shape index (κ1) is 21.4. The average Bonchev–Trinajstić information content (AvgIpc) is 3.24. The molecule has 0 bridgehead atoms. The lowest BCUT2D eigenvalue weighted by Crippen LogP contribution is -2.48. The predicted octanol–water partition coefficient (Wildman–Crippen LogP) is 2.01. The van der Waals surface area contributed by atoms with Crippen LogP contribution in [0.1, 0.15) is 23.0 Å². The van der Waals surface area contributed by atoms with Crippen LogP contribution < -0.4 is 4.74 Å². The van der Waals surface area contributed by atoms with Crippen molar-refractivity contribution in [2.24, 2.45) is 0 Å². The molecule has 1 aliphatic rings. The smallest absolute Gasteiger partial charge is 0.374 e. The van der Waals surface area contributed by atoms with Crippen molar-refractivity contribution >= 4 is 16.0 Å². The normalized spacial score (nSPS) is 15.9. The maximum Gasteiger partial charge on any atom is 0.374 e. The van der Waals surface area contributed by atoms with Crippen LogP contribution in [-0.2, 0) is 21.2 Å². The molecule has 0 spiro atoms. The third-order valence-corrected chi connectivity index (χ3v) is 6.63. The highest BCUT2D eigenvalue weighted by Crippen LogP contribution is 2.21. The van der Waals surface area contributed by atoms with Crippen molar-refractivity contribution in [3.8, 4) is 5.75 Å². The van der Waals surface area contributed by atoms with E-state index in [2.05, 4.69) is 4.90 Å². The lowest BCUT2D eigenvalue weighted by Gasteiger charge is -2.33. The molecule has 0 saturated carbocycles. The number of methoxy groups -OCH3 is 1. The summed E-state index contributed by atoms with van der Waals surface area (Å²) in [7, 11) is -2.13. The van der Waals surface area contributed by atoms with Crippen molar-refractivity contribution in [2.75, 3.05) is 46.4 Å². The van der Waals surface area contributed by atoms with E-state index in [1.807, 2.05) is 24.3 Å². The minimum Gasteiger partial charge on any atom is -0.497 e. The van der Waals surface area contributed by atoms with Gasteiger partial charge in [-0.1, -0.05) is 12.1 Å². The Morgan fingerprint density at radius 2 is 1.76 bits per heavy atom. The molecule has 1 aliphatic heterocycles. The van der Waals surface area contributed by atoms with Crippen molar-refractivity contribution in [1.82, 2.24) is 9.21 Å². The van der Waals surface area contributed by atoms with Gasteiger partial charge in [-0.2, -0.15) is 4.31 Å². The summed E-state index contributed by atoms with van der Waals surface area (Å²) in [5.74, 6) is 0.0532. The third-order valence-electron chi connectivity index (χ3n) is 4.86. The third kappa shape index (κ3) is 5.17. The molecule has 0 N–H and O–H groups in total. The second kappa shape index (κ2) is 9.43. The lowest BCUT2D eigenvalue weighted by molar-refractivity contribution is 0.0483. The number of furan rings is 1. The minimum atomic E-state index is -3.77. The second-order valence-electron chi connectivity index (χ2n) is 6.68. The van der Waals surface area contributed by atoms with Gasteiger partial charge in [-0.05, 0) is 43.2 Å². The molecule has 0 atom stereocenters. The van der Waals surface area contributed by atoms with Crippen LogP contribution in [-0.4, -0.2) is 70.0 Å². The summed E-state index contributed by atoms with van der Waals surface area (Å²) < 4.78 is 42.2. The summed E-state index contributed by atoms with van der Waals surface area (Å²) in [6.45, 7) is 4.75. The summed E-state index contributed by atoms with van der Waals surface area (Å²) >= 11 is 0. The first-order valence-corrected chi connectivity index (χ1v) is 11.0. The van der Waals surface area contributed by atoms with Crippen molar-refractivity contribution in [1.29, 1.82) is 0 Å². The van der Waals surface area contributed by atoms with E-state index in [1.165, 1.54) is 22.0 Å². The maximum atomic E-state index is 12.8. The Bertz CT molecular complexity index is 915. The molecule has 0 unspecified atom stereocenters. The summed E-state index contributed by atoms with van der Waals surface area (Å²) in [4.78, 5) is 13.9. The zero-order valence-electron chi connectivity index (χ0n) is 16.7. The minimum absolute atomic E-state index is 0.108. The molecule has 0 amide bonds. The number of piperazine rings is 1. The molecule has 2 aromatic rings. The van der Waals surface area contributed by atoms with Gasteiger partial charge in [0.05, 0.1) is 13.7 Å². The van der Waals surface area contributed by atoms with Crippen molar-refractivity contribution < 1.29 is 27.1 Å². The number of hydrogen-bond acceptors (Lipinski definition) is 7. The van der Waals surface area contributed by atoms with Gasteiger partial charge in [0.2, 0.25) is 10.9 Å². The van der Waals surface area contributed by atoms with Crippen LogP contribution in [0.15, 0.2) is 45.9 Å². The topological polar surface area (TPSA) is 89.3 Å². The molecule has 9 heteroatoms. The fourth-order valence-electron chi connectivity index (χ4n) is 3.17. The largest absolute Gasteiger partial charge is 0.497 e. The van der Waals surface area contributed by atoms with Gasteiger partial charge in [-0.3, -0.25) is 0 Å². The quantitative estimate of drug-likeness (QED) is 0.601. The second-order valence-corrected chi connectivity index (χ2v) is 8.55. The standard InChI is InChI=1S/C20H26N2O6S/c1-3-27-20(23)18-8-9-19(28-18)29(24,25)22-14-12-21(13-15-22)11-10-16-4-6-17(26-2)7-5-16/h4-9H,3,10-15H2,1-2H3. The zero-order chi connectivity index (χ0) is 20.9. The van der Waals surface area contributed by atoms with Crippen LogP contribution in [0.25, 0.3) is 0 Å². The fraction of sp³-hybridized carbons (Fsp3) is 0.450. The van der Waals surface area contributed by atoms with E-state index in [4.69, 9.17) is 13.9 Å². The van der Waals surface area contributed by atoms with Crippen LogP contribution >= 0.6 is 0 Å². The van der Waals surface area contributed by atoms with Crippen molar-refractivity contribution in [3.05, 3.63) is 47.7 Å². The van der Waals surface area contributed by atoms with Crippen LogP contribution in [0.2, 0.25) is 0 Å². The molecule has 0 radical (unpaired) electrons. The summed E-state index contributed by atoms with van der Waals surface area (Å²) in [6, 6.07) is 10.6. The molecule has 2 heterocycles. The van der Waals surface area contributed by atoms with Crippen LogP contribution in [0, 0.1) is 0 Å². The van der Waals surface area contributed by atoms with Gasteiger partial charge < -0.3 is 18.8 Å². The fourth-order valence-corrected chi connectivity index (χ4v) is 4.50. The predicted molar refractivity (Wildman–Crippen MR) is 107 cm³/mol. The SMILES string of the molecule is CCOC(=O)c1ccc(S(=O)(=O)N2CCN(CCc3ccc(OC)cc3)CC2)o1. The van der Waals surface area contributed by atoms with Gasteiger partial charge >= 0.3 is 5.97 Å². The molecule has 3 rings (SSSR count). The Morgan fingerprint density at radius 1 is 1.07 bits per heavy atom. The number of esters is 1. The van der Waals surface area contributed by atoms with Gasteiger partial charge in [0.1, 0.15) is 5.75 Å². The van der Waals surface area contributed by atoms with E-state index in [0.717, 1.165) is 18.7 Å². The highest BCUT2D eigenvalue weighted by molar-refractivity contribution is 7.89. The van der Waals surface area contributed by atoms with E-state index in [0.29, 0.717) is 26.2 Å². The number of ether oxygens (including phenoxy) is 2. The zero-order valence-corrected chi connectivity index (χ0v) is 17.5. The van der Waals surface area contributed by atoms with Gasteiger partial charge in [0, 0.05) is 32.7 Å². The highest BCUT2D eigenvalue weighted by atomic mass is 32.2. The lowest BCUT2D eigenvalue weighted by atomic mass is 10.1. The van der Waals surface area contributed by atoms with Crippen molar-refractivity contribution in [3.63, 3.8) is 0 Å². The first-order valence-electron chi connectivity index (χ1n) is 9.56. The van der Waals surface area contributed by atoms with Crippen LogP contribution in [0.3, 0.4) is 0 Å². The molecule has 1 fully saturated rings. The molecular formula is C20H26N2O6S. The summed E-state index contributed by atoms with van der Waals surface area (Å²) in [5.41, 5.74) is 1.21. The molecule has 8 nitrogen and oxygen atoms in total. The molecule has 29 heavy (non-hydrogen) atoms. The van der Waals surface area contributed by atoms with Gasteiger partial charge in [0.15, 0.2) is 0 Å². The Balaban J connectivity index is 1.53. The number of sulfonamides is 1. The Morgan fingerprint density at radius 3 is 2.38 bits per heavy atom. The van der Waals surface area contributed by atoms with E-state index < -0.39 is 16.0 Å². The highest BCUT2D eigenvalue weighted by Gasteiger charge is 2.31. The number of nitrogens with zero attached hydrogens (tertiary/aromatic N) is 2. The number of carbonyl (C=O) groups excluding carboxylic acids is 1. The molecule has 1 aromatic heterocycles.